The third kappa shape index (κ3) is 1.45. The molecule has 0 atom stereocenters. The van der Waals surface area contributed by atoms with E-state index in [1.54, 1.807) is 22.7 Å². The lowest BCUT2D eigenvalue weighted by Gasteiger charge is -1.88. The standard InChI is InChI=1S/C13H8N2OS2/c14-7-1-2-8-9(5-7)16-13(15-8)12-6-11-10(18-12)3-4-17-11/h1-6H,14H2. The molecule has 3 heterocycles. The highest BCUT2D eigenvalue weighted by Gasteiger charge is 2.12. The van der Waals surface area contributed by atoms with Gasteiger partial charge in [0.1, 0.15) is 5.52 Å². The average molecular weight is 272 g/mol. The van der Waals surface area contributed by atoms with Crippen molar-refractivity contribution in [2.75, 3.05) is 5.73 Å². The Morgan fingerprint density at radius 3 is 2.94 bits per heavy atom. The molecule has 18 heavy (non-hydrogen) atoms. The van der Waals surface area contributed by atoms with Crippen molar-refractivity contribution in [2.45, 2.75) is 0 Å². The fraction of sp³-hybridized carbons (Fsp3) is 0. The van der Waals surface area contributed by atoms with Crippen molar-refractivity contribution in [1.82, 2.24) is 4.98 Å². The number of thiophene rings is 2. The van der Waals surface area contributed by atoms with Crippen molar-refractivity contribution in [2.24, 2.45) is 0 Å². The van der Waals surface area contributed by atoms with Crippen molar-refractivity contribution >= 4 is 48.9 Å². The van der Waals surface area contributed by atoms with Crippen LogP contribution in [0.2, 0.25) is 0 Å². The van der Waals surface area contributed by atoms with Crippen LogP contribution in [0.1, 0.15) is 0 Å². The molecule has 4 rings (SSSR count). The molecule has 4 aromatic rings. The van der Waals surface area contributed by atoms with E-state index in [1.165, 1.54) is 9.40 Å². The van der Waals surface area contributed by atoms with E-state index in [1.807, 2.05) is 18.2 Å². The van der Waals surface area contributed by atoms with Crippen LogP contribution in [0.4, 0.5) is 5.69 Å². The van der Waals surface area contributed by atoms with Gasteiger partial charge in [0.15, 0.2) is 5.58 Å². The van der Waals surface area contributed by atoms with Crippen LogP contribution in [0.25, 0.3) is 31.3 Å². The minimum Gasteiger partial charge on any atom is -0.435 e. The van der Waals surface area contributed by atoms with E-state index in [0.717, 1.165) is 16.0 Å². The summed E-state index contributed by atoms with van der Waals surface area (Å²) in [5.41, 5.74) is 8.01. The van der Waals surface area contributed by atoms with Crippen molar-refractivity contribution in [3.63, 3.8) is 0 Å². The van der Waals surface area contributed by atoms with Crippen LogP contribution >= 0.6 is 22.7 Å². The highest BCUT2D eigenvalue weighted by Crippen LogP contribution is 2.37. The van der Waals surface area contributed by atoms with Gasteiger partial charge in [-0.2, -0.15) is 0 Å². The highest BCUT2D eigenvalue weighted by molar-refractivity contribution is 7.28. The second-order valence-electron chi connectivity index (χ2n) is 4.01. The third-order valence-corrected chi connectivity index (χ3v) is 4.84. The first kappa shape index (κ1) is 10.1. The molecule has 0 aliphatic carbocycles. The summed E-state index contributed by atoms with van der Waals surface area (Å²) in [7, 11) is 0. The Bertz CT molecular complexity index is 828. The molecule has 0 radical (unpaired) electrons. The molecule has 0 fully saturated rings. The first-order chi connectivity index (χ1) is 8.79. The summed E-state index contributed by atoms with van der Waals surface area (Å²) in [6.07, 6.45) is 0. The zero-order valence-electron chi connectivity index (χ0n) is 9.21. The molecule has 0 amide bonds. The molecule has 2 N–H and O–H groups in total. The Labute approximate surface area is 110 Å². The van der Waals surface area contributed by atoms with Gasteiger partial charge in [0.05, 0.1) is 4.88 Å². The molecule has 0 spiro atoms. The summed E-state index contributed by atoms with van der Waals surface area (Å²) < 4.78 is 8.31. The first-order valence-electron chi connectivity index (χ1n) is 5.43. The maximum absolute atomic E-state index is 5.76. The van der Waals surface area contributed by atoms with Gasteiger partial charge in [0.2, 0.25) is 5.89 Å². The number of nitrogens with zero attached hydrogens (tertiary/aromatic N) is 1. The quantitative estimate of drug-likeness (QED) is 0.524. The zero-order chi connectivity index (χ0) is 12.1. The number of aromatic nitrogens is 1. The van der Waals surface area contributed by atoms with E-state index < -0.39 is 0 Å². The maximum Gasteiger partial charge on any atom is 0.237 e. The van der Waals surface area contributed by atoms with Crippen molar-refractivity contribution in [3.8, 4) is 10.8 Å². The SMILES string of the molecule is Nc1ccc2nc(-c3cc4sccc4s3)oc2c1. The number of hydrogen-bond acceptors (Lipinski definition) is 5. The number of oxazole rings is 1. The number of nitrogens with two attached hydrogens (primary N) is 1. The normalized spacial score (nSPS) is 11.6. The Hall–Kier alpha value is -1.85. The first-order valence-corrected chi connectivity index (χ1v) is 7.13. The minimum atomic E-state index is 0.670. The zero-order valence-corrected chi connectivity index (χ0v) is 10.8. The average Bonchev–Trinajstić information content (AvgIpc) is 2.99. The van der Waals surface area contributed by atoms with Crippen molar-refractivity contribution in [1.29, 1.82) is 0 Å². The number of fused-ring (bicyclic) bond motifs is 2. The topological polar surface area (TPSA) is 52.0 Å². The van der Waals surface area contributed by atoms with Gasteiger partial charge < -0.3 is 10.2 Å². The lowest BCUT2D eigenvalue weighted by atomic mass is 10.3. The summed E-state index contributed by atoms with van der Waals surface area (Å²) in [6.45, 7) is 0. The van der Waals surface area contributed by atoms with Gasteiger partial charge in [-0.3, -0.25) is 0 Å². The molecule has 1 aromatic carbocycles. The van der Waals surface area contributed by atoms with Crippen LogP contribution in [0.3, 0.4) is 0 Å². The smallest absolute Gasteiger partial charge is 0.237 e. The predicted molar refractivity (Wildman–Crippen MR) is 77.1 cm³/mol. The summed E-state index contributed by atoms with van der Waals surface area (Å²) in [5.74, 6) is 0.670. The highest BCUT2D eigenvalue weighted by atomic mass is 32.1. The maximum atomic E-state index is 5.76. The Morgan fingerprint density at radius 1 is 1.11 bits per heavy atom. The Morgan fingerprint density at radius 2 is 2.06 bits per heavy atom. The fourth-order valence-electron chi connectivity index (χ4n) is 1.92. The van der Waals surface area contributed by atoms with Gasteiger partial charge in [-0.25, -0.2) is 4.98 Å². The molecule has 0 aliphatic rings. The number of rotatable bonds is 1. The second-order valence-corrected chi connectivity index (χ2v) is 6.04. The molecule has 88 valence electrons. The largest absolute Gasteiger partial charge is 0.435 e. The van der Waals surface area contributed by atoms with E-state index in [9.17, 15) is 0 Å². The molecule has 0 saturated carbocycles. The van der Waals surface area contributed by atoms with Crippen LogP contribution in [0.5, 0.6) is 0 Å². The van der Waals surface area contributed by atoms with E-state index >= 15 is 0 Å². The van der Waals surface area contributed by atoms with Gasteiger partial charge in [-0.15, -0.1) is 22.7 Å². The third-order valence-electron chi connectivity index (χ3n) is 2.76. The molecular formula is C13H8N2OS2. The monoisotopic (exact) mass is 272 g/mol. The number of hydrogen-bond donors (Lipinski definition) is 1. The molecule has 3 nitrogen and oxygen atoms in total. The van der Waals surface area contributed by atoms with Crippen molar-refractivity contribution < 1.29 is 4.42 Å². The molecule has 0 bridgehead atoms. The molecular weight excluding hydrogens is 264 g/mol. The number of benzene rings is 1. The van der Waals surface area contributed by atoms with Gasteiger partial charge in [0.25, 0.3) is 0 Å². The molecule has 0 saturated heterocycles. The van der Waals surface area contributed by atoms with Crippen LogP contribution in [-0.2, 0) is 0 Å². The van der Waals surface area contributed by atoms with E-state index in [-0.39, 0.29) is 0 Å². The predicted octanol–water partition coefficient (Wildman–Crippen LogP) is 4.35. The van der Waals surface area contributed by atoms with E-state index in [4.69, 9.17) is 10.2 Å². The van der Waals surface area contributed by atoms with E-state index in [0.29, 0.717) is 11.6 Å². The molecule has 3 aromatic heterocycles. The van der Waals surface area contributed by atoms with Crippen LogP contribution < -0.4 is 5.73 Å². The summed E-state index contributed by atoms with van der Waals surface area (Å²) in [5, 5.41) is 2.09. The fourth-order valence-corrected chi connectivity index (χ4v) is 3.95. The van der Waals surface area contributed by atoms with Crippen LogP contribution in [0.15, 0.2) is 40.1 Å². The summed E-state index contributed by atoms with van der Waals surface area (Å²) in [4.78, 5) is 5.55. The Kier molecular flexibility index (Phi) is 2.00. The second kappa shape index (κ2) is 3.57. The van der Waals surface area contributed by atoms with Gasteiger partial charge in [-0.05, 0) is 29.6 Å². The minimum absolute atomic E-state index is 0.670. The number of anilines is 1. The van der Waals surface area contributed by atoms with Gasteiger partial charge >= 0.3 is 0 Å². The Balaban J connectivity index is 1.93. The lowest BCUT2D eigenvalue weighted by molar-refractivity contribution is 0.622. The summed E-state index contributed by atoms with van der Waals surface area (Å²) in [6, 6.07) is 9.77. The molecule has 0 aliphatic heterocycles. The van der Waals surface area contributed by atoms with E-state index in [2.05, 4.69) is 22.5 Å². The van der Waals surface area contributed by atoms with Crippen molar-refractivity contribution in [3.05, 3.63) is 35.7 Å². The van der Waals surface area contributed by atoms with Gasteiger partial charge in [0, 0.05) is 21.2 Å². The lowest BCUT2D eigenvalue weighted by Crippen LogP contribution is -1.81. The summed E-state index contributed by atoms with van der Waals surface area (Å²) >= 11 is 3.43. The van der Waals surface area contributed by atoms with Gasteiger partial charge in [-0.1, -0.05) is 0 Å². The molecule has 0 unspecified atom stereocenters. The molecule has 5 heteroatoms. The number of nitrogen functional groups attached to an aromatic ring is 1. The van der Waals surface area contributed by atoms with Crippen LogP contribution in [0, 0.1) is 0 Å². The van der Waals surface area contributed by atoms with Crippen LogP contribution in [-0.4, -0.2) is 4.98 Å².